The highest BCUT2D eigenvalue weighted by molar-refractivity contribution is 5.81. The van der Waals surface area contributed by atoms with Crippen LogP contribution in [0.15, 0.2) is 24.5 Å². The van der Waals surface area contributed by atoms with Crippen molar-refractivity contribution in [2.45, 2.75) is 26.8 Å². The van der Waals surface area contributed by atoms with Crippen LogP contribution >= 0.6 is 0 Å². The lowest BCUT2D eigenvalue weighted by Gasteiger charge is -2.23. The van der Waals surface area contributed by atoms with Crippen molar-refractivity contribution >= 4 is 5.91 Å². The maximum absolute atomic E-state index is 11.8. The molecule has 1 atom stereocenters. The second kappa shape index (κ2) is 5.07. The van der Waals surface area contributed by atoms with E-state index in [1.54, 1.807) is 24.5 Å². The molecule has 0 fully saturated rings. The number of nitrogens with one attached hydrogen (secondary N) is 1. The van der Waals surface area contributed by atoms with E-state index in [2.05, 4.69) is 10.3 Å². The Labute approximate surface area is 95.7 Å². The van der Waals surface area contributed by atoms with Gasteiger partial charge in [0.25, 0.3) is 0 Å². The van der Waals surface area contributed by atoms with E-state index in [1.165, 1.54) is 0 Å². The van der Waals surface area contributed by atoms with E-state index in [1.807, 2.05) is 20.8 Å². The van der Waals surface area contributed by atoms with Gasteiger partial charge in [-0.1, -0.05) is 20.8 Å². The minimum Gasteiger partial charge on any atom is -0.394 e. The third-order valence-electron chi connectivity index (χ3n) is 2.28. The zero-order chi connectivity index (χ0) is 12.2. The number of carbonyl (C=O) groups is 1. The molecule has 0 bridgehead atoms. The molecule has 0 aliphatic rings. The van der Waals surface area contributed by atoms with Gasteiger partial charge >= 0.3 is 0 Å². The number of carbonyl (C=O) groups excluding carboxylic acids is 1. The molecule has 4 nitrogen and oxygen atoms in total. The predicted molar refractivity (Wildman–Crippen MR) is 61.7 cm³/mol. The van der Waals surface area contributed by atoms with Crippen LogP contribution in [-0.4, -0.2) is 22.6 Å². The molecule has 1 aromatic heterocycles. The van der Waals surface area contributed by atoms with Crippen LogP contribution in [-0.2, 0) is 4.79 Å². The molecule has 4 heteroatoms. The number of amides is 1. The number of aliphatic hydroxyl groups is 1. The zero-order valence-electron chi connectivity index (χ0n) is 9.90. The molecule has 0 saturated carbocycles. The maximum Gasteiger partial charge on any atom is 0.225 e. The molecule has 2 N–H and O–H groups in total. The van der Waals surface area contributed by atoms with E-state index in [0.717, 1.165) is 5.56 Å². The number of rotatable bonds is 3. The summed E-state index contributed by atoms with van der Waals surface area (Å²) in [6.45, 7) is 5.39. The molecule has 0 spiro atoms. The van der Waals surface area contributed by atoms with Crippen molar-refractivity contribution in [2.75, 3.05) is 6.61 Å². The molecule has 0 aliphatic carbocycles. The normalized spacial score (nSPS) is 13.2. The smallest absolute Gasteiger partial charge is 0.225 e. The van der Waals surface area contributed by atoms with Gasteiger partial charge in [-0.15, -0.1) is 0 Å². The van der Waals surface area contributed by atoms with Gasteiger partial charge in [-0.3, -0.25) is 9.78 Å². The topological polar surface area (TPSA) is 62.2 Å². The van der Waals surface area contributed by atoms with Crippen molar-refractivity contribution in [3.63, 3.8) is 0 Å². The molecule has 1 amide bonds. The fourth-order valence-corrected chi connectivity index (χ4v) is 1.20. The molecule has 0 unspecified atom stereocenters. The lowest BCUT2D eigenvalue weighted by molar-refractivity contribution is -0.129. The summed E-state index contributed by atoms with van der Waals surface area (Å²) in [5.41, 5.74) is 0.399. The van der Waals surface area contributed by atoms with E-state index in [4.69, 9.17) is 0 Å². The molecule has 0 aromatic carbocycles. The first-order valence-electron chi connectivity index (χ1n) is 5.27. The van der Waals surface area contributed by atoms with Gasteiger partial charge in [0.1, 0.15) is 0 Å². The van der Waals surface area contributed by atoms with Crippen LogP contribution in [0.1, 0.15) is 32.4 Å². The number of hydrogen-bond donors (Lipinski definition) is 2. The predicted octanol–water partition coefficient (Wildman–Crippen LogP) is 1.28. The first kappa shape index (κ1) is 12.6. The summed E-state index contributed by atoms with van der Waals surface area (Å²) in [6, 6.07) is 3.20. The molecular formula is C12H18N2O2. The number of aliphatic hydroxyl groups excluding tert-OH is 1. The van der Waals surface area contributed by atoms with Crippen LogP contribution in [0.2, 0.25) is 0 Å². The molecule has 0 aliphatic heterocycles. The molecule has 1 heterocycles. The summed E-state index contributed by atoms with van der Waals surface area (Å²) >= 11 is 0. The van der Waals surface area contributed by atoms with Gasteiger partial charge in [0.05, 0.1) is 12.6 Å². The lowest BCUT2D eigenvalue weighted by Crippen LogP contribution is -2.38. The zero-order valence-corrected chi connectivity index (χ0v) is 9.90. The van der Waals surface area contributed by atoms with Gasteiger partial charge in [0.2, 0.25) is 5.91 Å². The van der Waals surface area contributed by atoms with Crippen LogP contribution in [0.25, 0.3) is 0 Å². The van der Waals surface area contributed by atoms with E-state index in [0.29, 0.717) is 0 Å². The summed E-state index contributed by atoms with van der Waals surface area (Å²) < 4.78 is 0. The third-order valence-corrected chi connectivity index (χ3v) is 2.28. The van der Waals surface area contributed by atoms with Crippen molar-refractivity contribution in [3.8, 4) is 0 Å². The Morgan fingerprint density at radius 2 is 2.00 bits per heavy atom. The summed E-state index contributed by atoms with van der Waals surface area (Å²) in [4.78, 5) is 15.7. The van der Waals surface area contributed by atoms with Crippen LogP contribution in [0.5, 0.6) is 0 Å². The second-order valence-corrected chi connectivity index (χ2v) is 4.74. The van der Waals surface area contributed by atoms with E-state index in [-0.39, 0.29) is 18.6 Å². The van der Waals surface area contributed by atoms with Crippen molar-refractivity contribution in [2.24, 2.45) is 5.41 Å². The van der Waals surface area contributed by atoms with E-state index < -0.39 is 5.41 Å². The highest BCUT2D eigenvalue weighted by atomic mass is 16.3. The highest BCUT2D eigenvalue weighted by Crippen LogP contribution is 2.17. The Morgan fingerprint density at radius 3 is 2.44 bits per heavy atom. The van der Waals surface area contributed by atoms with Gasteiger partial charge in [-0.25, -0.2) is 0 Å². The molecule has 0 radical (unpaired) electrons. The monoisotopic (exact) mass is 222 g/mol. The summed E-state index contributed by atoms with van der Waals surface area (Å²) in [7, 11) is 0. The second-order valence-electron chi connectivity index (χ2n) is 4.74. The van der Waals surface area contributed by atoms with Gasteiger partial charge in [0, 0.05) is 17.8 Å². The average Bonchev–Trinajstić information content (AvgIpc) is 2.25. The van der Waals surface area contributed by atoms with Gasteiger partial charge in [-0.05, 0) is 17.7 Å². The van der Waals surface area contributed by atoms with Crippen molar-refractivity contribution in [3.05, 3.63) is 30.1 Å². The molecule has 0 saturated heterocycles. The standard InChI is InChI=1S/C12H18N2O2/c1-12(2,3)11(16)14-10(8-15)9-4-6-13-7-5-9/h4-7,10,15H,8H2,1-3H3,(H,14,16)/t10-/m0/s1. The fraction of sp³-hybridized carbons (Fsp3) is 0.500. The maximum atomic E-state index is 11.8. The van der Waals surface area contributed by atoms with Crippen molar-refractivity contribution < 1.29 is 9.90 Å². The van der Waals surface area contributed by atoms with Crippen LogP contribution in [0.4, 0.5) is 0 Å². The molecule has 88 valence electrons. The Hall–Kier alpha value is -1.42. The lowest BCUT2D eigenvalue weighted by atomic mass is 9.94. The summed E-state index contributed by atoms with van der Waals surface area (Å²) in [5.74, 6) is -0.0802. The molecule has 1 aromatic rings. The first-order valence-corrected chi connectivity index (χ1v) is 5.27. The Balaban J connectivity index is 2.75. The third kappa shape index (κ3) is 3.31. The quantitative estimate of drug-likeness (QED) is 0.809. The van der Waals surface area contributed by atoms with Gasteiger partial charge < -0.3 is 10.4 Å². The Morgan fingerprint density at radius 1 is 1.44 bits per heavy atom. The Kier molecular flexibility index (Phi) is 4.01. The largest absolute Gasteiger partial charge is 0.394 e. The minimum absolute atomic E-state index is 0.0802. The van der Waals surface area contributed by atoms with Crippen LogP contribution < -0.4 is 5.32 Å². The highest BCUT2D eigenvalue weighted by Gasteiger charge is 2.24. The van der Waals surface area contributed by atoms with Crippen LogP contribution in [0, 0.1) is 5.41 Å². The minimum atomic E-state index is -0.458. The van der Waals surface area contributed by atoms with E-state index >= 15 is 0 Å². The Bertz CT molecular complexity index is 344. The molecular weight excluding hydrogens is 204 g/mol. The fourth-order valence-electron chi connectivity index (χ4n) is 1.20. The number of pyridine rings is 1. The molecule has 16 heavy (non-hydrogen) atoms. The number of aromatic nitrogens is 1. The van der Waals surface area contributed by atoms with Crippen molar-refractivity contribution in [1.29, 1.82) is 0 Å². The van der Waals surface area contributed by atoms with Crippen molar-refractivity contribution in [1.82, 2.24) is 10.3 Å². The van der Waals surface area contributed by atoms with Gasteiger partial charge in [0.15, 0.2) is 0 Å². The number of hydrogen-bond acceptors (Lipinski definition) is 3. The average molecular weight is 222 g/mol. The van der Waals surface area contributed by atoms with Crippen LogP contribution in [0.3, 0.4) is 0 Å². The number of nitrogens with zero attached hydrogens (tertiary/aromatic N) is 1. The van der Waals surface area contributed by atoms with E-state index in [9.17, 15) is 9.90 Å². The molecule has 1 rings (SSSR count). The SMILES string of the molecule is CC(C)(C)C(=O)N[C@@H](CO)c1ccncc1. The summed E-state index contributed by atoms with van der Waals surface area (Å²) in [6.07, 6.45) is 3.28. The van der Waals surface area contributed by atoms with Gasteiger partial charge in [-0.2, -0.15) is 0 Å². The summed E-state index contributed by atoms with van der Waals surface area (Å²) in [5, 5.41) is 12.1. The first-order chi connectivity index (χ1) is 7.45.